The molecule has 1 saturated carbocycles. The van der Waals surface area contributed by atoms with Crippen LogP contribution in [0.15, 0.2) is 52.1 Å². The van der Waals surface area contributed by atoms with E-state index in [-0.39, 0.29) is 0 Å². The summed E-state index contributed by atoms with van der Waals surface area (Å²) in [6.07, 6.45) is 8.06. The molecule has 5 rings (SSSR count). The number of hydrogen-bond acceptors (Lipinski definition) is 4. The molecule has 0 amide bonds. The average molecular weight is 404 g/mol. The number of aryl methyl sites for hydroxylation is 1. The van der Waals surface area contributed by atoms with Gasteiger partial charge in [0.25, 0.3) is 0 Å². The smallest absolute Gasteiger partial charge is 0.137 e. The van der Waals surface area contributed by atoms with E-state index in [1.54, 1.807) is 6.26 Å². The summed E-state index contributed by atoms with van der Waals surface area (Å²) in [5.74, 6) is 0.980. The third kappa shape index (κ3) is 3.41. The normalized spacial score (nSPS) is 20.8. The van der Waals surface area contributed by atoms with Gasteiger partial charge in [-0.2, -0.15) is 5.26 Å². The van der Waals surface area contributed by atoms with Crippen LogP contribution in [-0.4, -0.2) is 17.9 Å². The number of halogens is 1. The van der Waals surface area contributed by atoms with Crippen LogP contribution in [0.2, 0.25) is 5.02 Å². The summed E-state index contributed by atoms with van der Waals surface area (Å²) in [5.41, 5.74) is 4.73. The molecule has 1 aliphatic carbocycles. The first-order valence-corrected chi connectivity index (χ1v) is 10.6. The van der Waals surface area contributed by atoms with Crippen molar-refractivity contribution in [2.45, 2.75) is 50.6 Å². The number of aliphatic imine (C=N–C) groups is 1. The summed E-state index contributed by atoms with van der Waals surface area (Å²) in [4.78, 5) is 4.99. The summed E-state index contributed by atoms with van der Waals surface area (Å²) in [6, 6.07) is 14.8. The molecule has 2 heterocycles. The van der Waals surface area contributed by atoms with Crippen molar-refractivity contribution in [3.63, 3.8) is 0 Å². The highest BCUT2D eigenvalue weighted by Crippen LogP contribution is 2.30. The standard InChI is InChI=1S/C24H22ClN3O/c25-20-5-3-4-19(24-27-21-6-1-2-7-22(21)28-24)18(20)9-8-16-12-15(14-26)13-17-10-11-29-23(16)17/h3-5,10-13,21-22H,1-2,6-9H2,(H,27,28). The summed E-state index contributed by atoms with van der Waals surface area (Å²) in [7, 11) is 0. The first-order chi connectivity index (χ1) is 14.2. The van der Waals surface area contributed by atoms with Gasteiger partial charge in [-0.25, -0.2) is 0 Å². The Morgan fingerprint density at radius 2 is 2.07 bits per heavy atom. The maximum Gasteiger partial charge on any atom is 0.137 e. The molecule has 1 N–H and O–H groups in total. The first kappa shape index (κ1) is 18.3. The Balaban J connectivity index is 1.46. The van der Waals surface area contributed by atoms with Crippen molar-refractivity contribution >= 4 is 28.4 Å². The molecule has 0 bridgehead atoms. The van der Waals surface area contributed by atoms with Gasteiger partial charge in [0.05, 0.1) is 23.9 Å². The second-order valence-corrected chi connectivity index (χ2v) is 8.34. The summed E-state index contributed by atoms with van der Waals surface area (Å²) in [6.45, 7) is 0. The van der Waals surface area contributed by atoms with Gasteiger partial charge in [0.1, 0.15) is 11.4 Å². The zero-order chi connectivity index (χ0) is 19.8. The van der Waals surface area contributed by atoms with Crippen molar-refractivity contribution in [2.24, 2.45) is 4.99 Å². The molecule has 5 heteroatoms. The van der Waals surface area contributed by atoms with Crippen LogP contribution in [0, 0.1) is 11.3 Å². The van der Waals surface area contributed by atoms with Crippen LogP contribution in [-0.2, 0) is 12.8 Å². The van der Waals surface area contributed by atoms with Crippen molar-refractivity contribution in [2.75, 3.05) is 0 Å². The lowest BCUT2D eigenvalue weighted by molar-refractivity contribution is 0.385. The molecular formula is C24H22ClN3O. The van der Waals surface area contributed by atoms with E-state index >= 15 is 0 Å². The molecule has 1 aliphatic heterocycles. The van der Waals surface area contributed by atoms with E-state index in [4.69, 9.17) is 21.0 Å². The average Bonchev–Trinajstić information content (AvgIpc) is 3.39. The van der Waals surface area contributed by atoms with E-state index < -0.39 is 0 Å². The molecule has 4 nitrogen and oxygen atoms in total. The summed E-state index contributed by atoms with van der Waals surface area (Å²) in [5, 5.41) is 14.7. The molecule has 0 radical (unpaired) electrons. The zero-order valence-corrected chi connectivity index (χ0v) is 16.9. The van der Waals surface area contributed by atoms with Gasteiger partial charge in [-0.05, 0) is 61.1 Å². The predicted octanol–water partition coefficient (Wildman–Crippen LogP) is 5.40. The number of benzene rings is 2. The molecule has 1 aromatic heterocycles. The number of amidine groups is 1. The zero-order valence-electron chi connectivity index (χ0n) is 16.1. The van der Waals surface area contributed by atoms with Crippen LogP contribution in [0.3, 0.4) is 0 Å². The van der Waals surface area contributed by atoms with E-state index in [1.165, 1.54) is 19.3 Å². The van der Waals surface area contributed by atoms with Crippen LogP contribution in [0.1, 0.15) is 47.9 Å². The van der Waals surface area contributed by atoms with Crippen molar-refractivity contribution in [1.82, 2.24) is 5.32 Å². The molecule has 0 saturated heterocycles. The Labute approximate surface area is 175 Å². The molecule has 2 unspecified atom stereocenters. The van der Waals surface area contributed by atoms with Gasteiger partial charge in [0.15, 0.2) is 0 Å². The lowest BCUT2D eigenvalue weighted by Crippen LogP contribution is -2.37. The number of nitrogens with zero attached hydrogens (tertiary/aromatic N) is 2. The molecule has 3 aromatic rings. The maximum absolute atomic E-state index is 9.35. The second-order valence-electron chi connectivity index (χ2n) is 7.93. The summed E-state index contributed by atoms with van der Waals surface area (Å²) < 4.78 is 5.68. The molecule has 2 aromatic carbocycles. The number of furan rings is 1. The van der Waals surface area contributed by atoms with Gasteiger partial charge >= 0.3 is 0 Å². The minimum absolute atomic E-state index is 0.389. The largest absolute Gasteiger partial charge is 0.464 e. The first-order valence-electron chi connectivity index (χ1n) is 10.3. The van der Waals surface area contributed by atoms with Crippen LogP contribution in [0.25, 0.3) is 11.0 Å². The third-order valence-electron chi connectivity index (χ3n) is 6.12. The predicted molar refractivity (Wildman–Crippen MR) is 116 cm³/mol. The minimum Gasteiger partial charge on any atom is -0.464 e. The summed E-state index contributed by atoms with van der Waals surface area (Å²) >= 11 is 6.62. The van der Waals surface area contributed by atoms with Crippen molar-refractivity contribution < 1.29 is 4.42 Å². The topological polar surface area (TPSA) is 61.3 Å². The number of hydrogen-bond donors (Lipinski definition) is 1. The van der Waals surface area contributed by atoms with Crippen molar-refractivity contribution in [3.8, 4) is 6.07 Å². The van der Waals surface area contributed by atoms with Gasteiger partial charge in [0, 0.05) is 22.0 Å². The fourth-order valence-corrected chi connectivity index (χ4v) is 4.93. The van der Waals surface area contributed by atoms with Crippen LogP contribution < -0.4 is 5.32 Å². The molecular weight excluding hydrogens is 382 g/mol. The SMILES string of the molecule is N#Cc1cc(CCc2c(Cl)cccc2C2=NC3CCCCC3N2)c2occc2c1. The molecule has 29 heavy (non-hydrogen) atoms. The van der Waals surface area contributed by atoms with Gasteiger partial charge in [-0.1, -0.05) is 36.6 Å². The Hall–Kier alpha value is -2.77. The van der Waals surface area contributed by atoms with E-state index in [2.05, 4.69) is 17.5 Å². The quantitative estimate of drug-likeness (QED) is 0.634. The highest BCUT2D eigenvalue weighted by molar-refractivity contribution is 6.32. The highest BCUT2D eigenvalue weighted by Gasteiger charge is 2.32. The molecule has 2 aliphatic rings. The monoisotopic (exact) mass is 403 g/mol. The fraction of sp³-hybridized carbons (Fsp3) is 0.333. The molecule has 2 atom stereocenters. The number of nitriles is 1. The molecule has 0 spiro atoms. The van der Waals surface area contributed by atoms with E-state index in [9.17, 15) is 5.26 Å². The maximum atomic E-state index is 9.35. The van der Waals surface area contributed by atoms with Gasteiger partial charge in [0.2, 0.25) is 0 Å². The van der Waals surface area contributed by atoms with Crippen LogP contribution in [0.5, 0.6) is 0 Å². The van der Waals surface area contributed by atoms with E-state index in [0.29, 0.717) is 17.6 Å². The fourth-order valence-electron chi connectivity index (χ4n) is 4.66. The Morgan fingerprint density at radius 1 is 1.17 bits per heavy atom. The number of nitrogens with one attached hydrogen (secondary N) is 1. The van der Waals surface area contributed by atoms with E-state index in [0.717, 1.165) is 57.8 Å². The number of rotatable bonds is 4. The van der Waals surface area contributed by atoms with Crippen molar-refractivity contribution in [1.29, 1.82) is 5.26 Å². The van der Waals surface area contributed by atoms with Gasteiger partial charge in [-0.15, -0.1) is 0 Å². The Morgan fingerprint density at radius 3 is 2.93 bits per heavy atom. The molecule has 146 valence electrons. The number of fused-ring (bicyclic) bond motifs is 2. The molecule has 1 fully saturated rings. The lowest BCUT2D eigenvalue weighted by atomic mass is 9.92. The second kappa shape index (κ2) is 7.57. The van der Waals surface area contributed by atoms with Crippen LogP contribution >= 0.6 is 11.6 Å². The van der Waals surface area contributed by atoms with E-state index in [1.807, 2.05) is 30.3 Å². The van der Waals surface area contributed by atoms with Gasteiger partial charge < -0.3 is 9.73 Å². The van der Waals surface area contributed by atoms with Gasteiger partial charge in [-0.3, -0.25) is 4.99 Å². The lowest BCUT2D eigenvalue weighted by Gasteiger charge is -2.23. The highest BCUT2D eigenvalue weighted by atomic mass is 35.5. The Bertz CT molecular complexity index is 1140. The Kier molecular flexibility index (Phi) is 4.77. The van der Waals surface area contributed by atoms with Crippen LogP contribution in [0.4, 0.5) is 0 Å². The third-order valence-corrected chi connectivity index (χ3v) is 6.48. The minimum atomic E-state index is 0.389. The van der Waals surface area contributed by atoms with Crippen molar-refractivity contribution in [3.05, 3.63) is 69.9 Å².